The second-order valence-electron chi connectivity index (χ2n) is 20.7. The van der Waals surface area contributed by atoms with E-state index in [4.69, 9.17) is 14.2 Å². The van der Waals surface area contributed by atoms with Crippen LogP contribution in [0, 0.1) is 24.0 Å². The number of alkyl halides is 1. The van der Waals surface area contributed by atoms with Crippen molar-refractivity contribution in [3.05, 3.63) is 106 Å². The monoisotopic (exact) mass is 1030 g/mol. The van der Waals surface area contributed by atoms with Crippen molar-refractivity contribution < 1.29 is 51.7 Å². The van der Waals surface area contributed by atoms with Crippen molar-refractivity contribution >= 4 is 46.1 Å². The summed E-state index contributed by atoms with van der Waals surface area (Å²) in [6.45, 7) is 12.2. The smallest absolute Gasteiger partial charge is 0.407 e. The molecule has 5 aromatic rings. The van der Waals surface area contributed by atoms with Gasteiger partial charge in [-0.15, -0.1) is 11.3 Å². The fourth-order valence-electron chi connectivity index (χ4n) is 9.59. The Hall–Kier alpha value is -6.02. The van der Waals surface area contributed by atoms with Gasteiger partial charge < -0.3 is 45.2 Å². The molecule has 2 aliphatic rings. The molecular formula is C54H68F3N7O8S. The summed E-state index contributed by atoms with van der Waals surface area (Å²) in [6.07, 6.45) is 0.889. The third-order valence-corrected chi connectivity index (χ3v) is 14.1. The van der Waals surface area contributed by atoms with Crippen LogP contribution in [0.15, 0.2) is 66.2 Å². The number of fused-ring (bicyclic) bond motifs is 3. The van der Waals surface area contributed by atoms with Gasteiger partial charge in [-0.1, -0.05) is 63.2 Å². The molecule has 0 aliphatic carbocycles. The average molecular weight is 1030 g/mol. The number of nitrogens with zero attached hydrogens (tertiary/aromatic N) is 3. The Morgan fingerprint density at radius 1 is 0.959 bits per heavy atom. The van der Waals surface area contributed by atoms with Crippen LogP contribution in [0.4, 0.5) is 18.0 Å². The number of carbonyl (C=O) groups excluding carboxylic acids is 4. The lowest BCUT2D eigenvalue weighted by Gasteiger charge is -2.43. The van der Waals surface area contributed by atoms with Crippen LogP contribution in [0.5, 0.6) is 5.75 Å². The number of aliphatic hydroxyl groups excluding tert-OH is 1. The molecule has 5 N–H and O–H groups in total. The summed E-state index contributed by atoms with van der Waals surface area (Å²) in [5.74, 6) is -3.15. The number of thiazole rings is 1. The van der Waals surface area contributed by atoms with Crippen LogP contribution in [0.3, 0.4) is 0 Å². The fraction of sp³-hybridized carbons (Fsp3) is 0.500. The summed E-state index contributed by atoms with van der Waals surface area (Å²) >= 11 is 1.56. The molecule has 7 rings (SSSR count). The molecule has 3 aromatic carbocycles. The van der Waals surface area contributed by atoms with Gasteiger partial charge in [-0.2, -0.15) is 0 Å². The van der Waals surface area contributed by atoms with E-state index < -0.39 is 70.8 Å². The number of benzene rings is 3. The van der Waals surface area contributed by atoms with Crippen molar-refractivity contribution in [3.8, 4) is 16.2 Å². The number of hydrogen-bond acceptors (Lipinski definition) is 11. The molecule has 73 heavy (non-hydrogen) atoms. The van der Waals surface area contributed by atoms with Crippen molar-refractivity contribution in [1.82, 2.24) is 35.7 Å². The molecule has 1 saturated heterocycles. The topological polar surface area (TPSA) is 187 Å². The van der Waals surface area contributed by atoms with Gasteiger partial charge in [0, 0.05) is 79.5 Å². The maximum Gasteiger partial charge on any atom is 0.407 e. The van der Waals surface area contributed by atoms with Gasteiger partial charge >= 0.3 is 6.09 Å². The van der Waals surface area contributed by atoms with Gasteiger partial charge in [0.15, 0.2) is 0 Å². The van der Waals surface area contributed by atoms with E-state index in [-0.39, 0.29) is 69.8 Å². The molecule has 394 valence electrons. The van der Waals surface area contributed by atoms with E-state index >= 15 is 13.2 Å². The predicted octanol–water partition coefficient (Wildman–Crippen LogP) is 8.06. The molecule has 4 heterocycles. The third kappa shape index (κ3) is 14.0. The van der Waals surface area contributed by atoms with E-state index in [0.717, 1.165) is 50.3 Å². The molecule has 1 unspecified atom stereocenters. The lowest BCUT2D eigenvalue weighted by Crippen LogP contribution is -2.58. The number of aryl methyl sites for hydroxylation is 1. The maximum atomic E-state index is 16.0. The summed E-state index contributed by atoms with van der Waals surface area (Å²) in [6, 6.07) is 14.6. The standard InChI is InChI=1S/C54H68F3N7O8S/c1-32-23-39-38-13-9-10-14-42(38)61-46(39)47(64(32)30-54(6,7)57)45-40(55)25-37(26-41(45)56)71-21-22-72-52(69)58-19-11-8-12-20-70-29-44(66)62-49(53(3,4)5)51(68)63-28-36(65)24-43(63)50(67)59-27-34-15-17-35(18-16-34)48-33(2)60-31-73-48/h9-10,13-18,25-26,31-32,36,43,47,49,61,65H,8,11-12,19-24,27-30H2,1-7H3,(H,58,69)(H,59,67)(H,62,66)/t32-,36-,43+,47-,49?/m1/s1. The van der Waals surface area contributed by atoms with Gasteiger partial charge in [0.05, 0.1) is 28.2 Å². The first kappa shape index (κ1) is 54.7. The minimum atomic E-state index is -1.63. The molecule has 1 fully saturated rings. The molecule has 15 nitrogen and oxygen atoms in total. The average Bonchev–Trinajstić information content (AvgIpc) is 4.05. The highest BCUT2D eigenvalue weighted by atomic mass is 32.1. The Labute approximate surface area is 428 Å². The number of H-pyrrole nitrogens is 1. The zero-order valence-corrected chi connectivity index (χ0v) is 43.4. The Balaban J connectivity index is 0.790. The lowest BCUT2D eigenvalue weighted by atomic mass is 9.85. The highest BCUT2D eigenvalue weighted by molar-refractivity contribution is 7.13. The molecule has 0 radical (unpaired) electrons. The van der Waals surface area contributed by atoms with Crippen molar-refractivity contribution in [1.29, 1.82) is 0 Å². The number of amides is 4. The van der Waals surface area contributed by atoms with Crippen molar-refractivity contribution in [2.75, 3.05) is 46.1 Å². The summed E-state index contributed by atoms with van der Waals surface area (Å²) in [5, 5.41) is 19.9. The van der Waals surface area contributed by atoms with E-state index in [2.05, 4.69) is 25.9 Å². The minimum Gasteiger partial charge on any atom is -0.490 e. The number of nitrogens with one attached hydrogen (secondary N) is 4. The normalized spacial score (nSPS) is 18.6. The van der Waals surface area contributed by atoms with E-state index in [9.17, 15) is 24.3 Å². The van der Waals surface area contributed by atoms with Crippen LogP contribution < -0.4 is 20.7 Å². The Morgan fingerprint density at radius 2 is 1.68 bits per heavy atom. The number of rotatable bonds is 21. The first-order valence-corrected chi connectivity index (χ1v) is 25.8. The van der Waals surface area contributed by atoms with E-state index in [0.29, 0.717) is 37.9 Å². The Bertz CT molecular complexity index is 2700. The lowest BCUT2D eigenvalue weighted by molar-refractivity contribution is -0.144. The molecule has 0 saturated carbocycles. The first-order chi connectivity index (χ1) is 34.7. The van der Waals surface area contributed by atoms with Gasteiger partial charge in [0.2, 0.25) is 17.7 Å². The van der Waals surface area contributed by atoms with Gasteiger partial charge in [-0.05, 0) is 81.5 Å². The van der Waals surface area contributed by atoms with Crippen LogP contribution >= 0.6 is 11.3 Å². The van der Waals surface area contributed by atoms with Crippen LogP contribution in [-0.4, -0.2) is 125 Å². The van der Waals surface area contributed by atoms with Crippen molar-refractivity contribution in [3.63, 3.8) is 0 Å². The number of aromatic amines is 1. The number of aromatic nitrogens is 2. The molecule has 5 atom stereocenters. The van der Waals surface area contributed by atoms with Crippen LogP contribution in [0.2, 0.25) is 0 Å². The molecule has 0 spiro atoms. The number of likely N-dealkylation sites (tertiary alicyclic amines) is 1. The predicted molar refractivity (Wildman–Crippen MR) is 273 cm³/mol. The Morgan fingerprint density at radius 3 is 2.37 bits per heavy atom. The van der Waals surface area contributed by atoms with E-state index in [1.165, 1.54) is 18.7 Å². The number of carbonyl (C=O) groups is 4. The number of unbranched alkanes of at least 4 members (excludes halogenated alkanes) is 2. The van der Waals surface area contributed by atoms with E-state index in [1.54, 1.807) is 42.5 Å². The maximum absolute atomic E-state index is 16.0. The molecule has 2 aliphatic heterocycles. The molecular weight excluding hydrogens is 964 g/mol. The largest absolute Gasteiger partial charge is 0.490 e. The number of ether oxygens (including phenoxy) is 3. The van der Waals surface area contributed by atoms with Gasteiger partial charge in [0.1, 0.15) is 55.0 Å². The summed E-state index contributed by atoms with van der Waals surface area (Å²) < 4.78 is 63.5. The zero-order valence-electron chi connectivity index (χ0n) is 42.6. The molecule has 4 amide bonds. The first-order valence-electron chi connectivity index (χ1n) is 24.9. The van der Waals surface area contributed by atoms with Crippen LogP contribution in [0.1, 0.15) is 101 Å². The second kappa shape index (κ2) is 23.9. The van der Waals surface area contributed by atoms with Crippen LogP contribution in [0.25, 0.3) is 21.3 Å². The molecule has 19 heteroatoms. The van der Waals surface area contributed by atoms with Crippen LogP contribution in [-0.2, 0) is 36.8 Å². The van der Waals surface area contributed by atoms with Crippen molar-refractivity contribution in [2.45, 2.75) is 123 Å². The number of aliphatic hydroxyl groups is 1. The second-order valence-corrected chi connectivity index (χ2v) is 21.5. The van der Waals surface area contributed by atoms with Gasteiger partial charge in [0.25, 0.3) is 0 Å². The SMILES string of the molecule is Cc1ncsc1-c1ccc(CNC(=O)[C@@H]2C[C@@H](O)CN2C(=O)C(NC(=O)COCCCCCNC(=O)OCCOc2cc(F)c([C@@H]3c4[nH]c5ccccc5c4C[C@@H](C)N3CC(C)(C)F)c(F)c2)C(C)(C)C)cc1. The number of halogens is 3. The highest BCUT2D eigenvalue weighted by Gasteiger charge is 2.45. The Kier molecular flexibility index (Phi) is 17.9. The number of para-hydroxylation sites is 1. The number of β-amino-alcohol motifs (C(OH)–C–C–N with tert-alkyl or cyclic N) is 1. The zero-order chi connectivity index (χ0) is 52.6. The third-order valence-electron chi connectivity index (χ3n) is 13.2. The van der Waals surface area contributed by atoms with Crippen molar-refractivity contribution in [2.24, 2.45) is 5.41 Å². The minimum absolute atomic E-state index is 0.0436. The summed E-state index contributed by atoms with van der Waals surface area (Å²) in [4.78, 5) is 64.7. The summed E-state index contributed by atoms with van der Waals surface area (Å²) in [5.41, 5.74) is 4.49. The van der Waals surface area contributed by atoms with Gasteiger partial charge in [-0.3, -0.25) is 19.3 Å². The van der Waals surface area contributed by atoms with E-state index in [1.807, 2.05) is 62.4 Å². The quantitative estimate of drug-likeness (QED) is 0.0450. The molecule has 2 aromatic heterocycles. The number of hydrogen-bond donors (Lipinski definition) is 5. The number of alkyl carbamates (subject to hydrolysis) is 1. The fourth-order valence-corrected chi connectivity index (χ4v) is 10.4. The van der Waals surface area contributed by atoms with Gasteiger partial charge in [-0.25, -0.2) is 22.9 Å². The summed E-state index contributed by atoms with van der Waals surface area (Å²) in [7, 11) is 0. The molecule has 0 bridgehead atoms. The highest BCUT2D eigenvalue weighted by Crippen LogP contribution is 2.44.